The van der Waals surface area contributed by atoms with Crippen molar-refractivity contribution in [3.63, 3.8) is 0 Å². The molecule has 0 aliphatic heterocycles. The van der Waals surface area contributed by atoms with Crippen molar-refractivity contribution < 1.29 is 23.6 Å². The fraction of sp³-hybridized carbons (Fsp3) is 0.0909. The van der Waals surface area contributed by atoms with Gasteiger partial charge in [0.2, 0.25) is 5.52 Å². The molecule has 166 valence electrons. The maximum absolute atomic E-state index is 13.4. The summed E-state index contributed by atoms with van der Waals surface area (Å²) in [4.78, 5) is 26.2. The Balaban J connectivity index is 2.25. The molecule has 0 radical (unpaired) electrons. The van der Waals surface area contributed by atoms with Gasteiger partial charge >= 0.3 is 0 Å². The van der Waals surface area contributed by atoms with Gasteiger partial charge in [0.05, 0.1) is 45.4 Å². The summed E-state index contributed by atoms with van der Waals surface area (Å²) in [7, 11) is -0.841. The molecule has 0 aliphatic rings. The van der Waals surface area contributed by atoms with Crippen LogP contribution in [0.4, 0.5) is 0 Å². The highest BCUT2D eigenvalue weighted by Gasteiger charge is 2.34. The van der Waals surface area contributed by atoms with E-state index >= 15 is 0 Å². The second-order valence-corrected chi connectivity index (χ2v) is 9.58. The Labute approximate surface area is 204 Å². The zero-order valence-electron chi connectivity index (χ0n) is 16.7. The van der Waals surface area contributed by atoms with E-state index in [4.69, 9.17) is 55.9 Å². The highest BCUT2D eigenvalue weighted by molar-refractivity contribution is 7.72. The molecule has 0 saturated carbocycles. The van der Waals surface area contributed by atoms with E-state index < -0.39 is 19.1 Å². The predicted molar refractivity (Wildman–Crippen MR) is 129 cm³/mol. The lowest BCUT2D eigenvalue weighted by Crippen LogP contribution is -2.16. The molecule has 32 heavy (non-hydrogen) atoms. The molecule has 1 atom stereocenters. The van der Waals surface area contributed by atoms with Gasteiger partial charge in [-0.1, -0.05) is 82.8 Å². The number of ether oxygens (including phenoxy) is 2. The molecule has 0 aliphatic carbocycles. The molecule has 10 heteroatoms. The third-order valence-corrected chi connectivity index (χ3v) is 7.51. The Morgan fingerprint density at radius 3 is 1.72 bits per heavy atom. The molecule has 1 unspecified atom stereocenters. The van der Waals surface area contributed by atoms with Crippen molar-refractivity contribution in [2.45, 2.75) is 0 Å². The molecule has 0 heterocycles. The highest BCUT2D eigenvalue weighted by atomic mass is 35.5. The van der Waals surface area contributed by atoms with Crippen molar-refractivity contribution in [3.8, 4) is 11.5 Å². The van der Waals surface area contributed by atoms with Crippen LogP contribution >= 0.6 is 54.2 Å². The van der Waals surface area contributed by atoms with Crippen LogP contribution < -0.4 is 14.8 Å². The molecule has 5 nitrogen and oxygen atoms in total. The standard InChI is InChI=1S/C22H15Cl4O5P/c1-30-19-16(25)15(18(27)11-7-4-3-5-8-11)17(26)20(31-2)21(19)32(29)22(28)14-12(23)9-6-10-13(14)24/h3-10,32H,1-2H3. The van der Waals surface area contributed by atoms with Crippen LogP contribution in [0, 0.1) is 0 Å². The summed E-state index contributed by atoms with van der Waals surface area (Å²) in [6.45, 7) is 0. The molecule has 0 aromatic heterocycles. The van der Waals surface area contributed by atoms with Crippen molar-refractivity contribution in [1.82, 2.24) is 0 Å². The van der Waals surface area contributed by atoms with Crippen molar-refractivity contribution in [2.75, 3.05) is 14.2 Å². The fourth-order valence-electron chi connectivity index (χ4n) is 3.11. The number of hydrogen-bond acceptors (Lipinski definition) is 5. The Hall–Kier alpha value is -2.01. The van der Waals surface area contributed by atoms with Crippen LogP contribution in [0.1, 0.15) is 26.3 Å². The summed E-state index contributed by atoms with van der Waals surface area (Å²) < 4.78 is 24.1. The van der Waals surface area contributed by atoms with Gasteiger partial charge in [0.25, 0.3) is 0 Å². The fourth-order valence-corrected chi connectivity index (χ4v) is 6.34. The van der Waals surface area contributed by atoms with E-state index in [-0.39, 0.29) is 48.0 Å². The third kappa shape index (κ3) is 4.41. The molecule has 3 rings (SSSR count). The van der Waals surface area contributed by atoms with Crippen molar-refractivity contribution >= 4 is 70.8 Å². The first-order chi connectivity index (χ1) is 15.2. The first kappa shape index (κ1) is 24.6. The average Bonchev–Trinajstić information content (AvgIpc) is 2.78. The quantitative estimate of drug-likeness (QED) is 0.254. The second kappa shape index (κ2) is 10.3. The molecule has 0 bridgehead atoms. The first-order valence-electron chi connectivity index (χ1n) is 9.00. The van der Waals surface area contributed by atoms with Crippen LogP contribution in [0.2, 0.25) is 20.1 Å². The molecular weight excluding hydrogens is 517 g/mol. The van der Waals surface area contributed by atoms with E-state index in [2.05, 4.69) is 0 Å². The molecule has 0 saturated heterocycles. The number of halogens is 4. The number of methoxy groups -OCH3 is 2. The smallest absolute Gasteiger partial charge is 0.226 e. The van der Waals surface area contributed by atoms with Crippen molar-refractivity contribution in [2.24, 2.45) is 0 Å². The van der Waals surface area contributed by atoms with Gasteiger partial charge in [0.1, 0.15) is 5.30 Å². The minimum Gasteiger partial charge on any atom is -0.494 e. The van der Waals surface area contributed by atoms with Gasteiger partial charge < -0.3 is 14.0 Å². The van der Waals surface area contributed by atoms with E-state index in [1.807, 2.05) is 0 Å². The molecular formula is C22H15Cl4O5P. The maximum Gasteiger partial charge on any atom is 0.226 e. The topological polar surface area (TPSA) is 69.7 Å². The summed E-state index contributed by atoms with van der Waals surface area (Å²) in [5.41, 5.74) is -0.730. The number of carbonyl (C=O) groups excluding carboxylic acids is 2. The van der Waals surface area contributed by atoms with Crippen LogP contribution in [0.25, 0.3) is 0 Å². The molecule has 0 amide bonds. The van der Waals surface area contributed by atoms with E-state index in [0.717, 1.165) is 0 Å². The summed E-state index contributed by atoms with van der Waals surface area (Å²) in [6.07, 6.45) is 0. The summed E-state index contributed by atoms with van der Waals surface area (Å²) >= 11 is 25.2. The largest absolute Gasteiger partial charge is 0.494 e. The summed E-state index contributed by atoms with van der Waals surface area (Å²) in [5, 5.41) is -0.489. The zero-order chi connectivity index (χ0) is 23.6. The maximum atomic E-state index is 13.4. The van der Waals surface area contributed by atoms with E-state index in [1.54, 1.807) is 36.4 Å². The Bertz CT molecular complexity index is 1190. The van der Waals surface area contributed by atoms with E-state index in [0.29, 0.717) is 5.56 Å². The normalized spacial score (nSPS) is 11.7. The highest BCUT2D eigenvalue weighted by Crippen LogP contribution is 2.47. The monoisotopic (exact) mass is 530 g/mol. The molecule has 0 spiro atoms. The van der Waals surface area contributed by atoms with Crippen LogP contribution in [-0.2, 0) is 4.57 Å². The van der Waals surface area contributed by atoms with Gasteiger partial charge in [-0.05, 0) is 12.1 Å². The van der Waals surface area contributed by atoms with Crippen LogP contribution in [0.5, 0.6) is 11.5 Å². The van der Waals surface area contributed by atoms with Crippen molar-refractivity contribution in [3.05, 3.63) is 85.3 Å². The number of hydrogen-bond donors (Lipinski definition) is 0. The molecule has 3 aromatic rings. The van der Waals surface area contributed by atoms with Crippen LogP contribution in [-0.4, -0.2) is 25.5 Å². The minimum atomic E-state index is -3.36. The average molecular weight is 532 g/mol. The number of ketones is 1. The summed E-state index contributed by atoms with van der Waals surface area (Å²) in [6, 6.07) is 12.8. The van der Waals surface area contributed by atoms with Gasteiger partial charge in [-0.15, -0.1) is 0 Å². The van der Waals surface area contributed by atoms with Gasteiger partial charge in [0.15, 0.2) is 25.1 Å². The predicted octanol–water partition coefficient (Wildman–Crippen LogP) is 6.57. The lowest BCUT2D eigenvalue weighted by Gasteiger charge is -2.19. The number of benzene rings is 3. The van der Waals surface area contributed by atoms with Gasteiger partial charge in [0, 0.05) is 5.56 Å². The lowest BCUT2D eigenvalue weighted by molar-refractivity contribution is 0.103. The Morgan fingerprint density at radius 2 is 1.25 bits per heavy atom. The van der Waals surface area contributed by atoms with E-state index in [9.17, 15) is 14.2 Å². The van der Waals surface area contributed by atoms with E-state index in [1.165, 1.54) is 26.4 Å². The van der Waals surface area contributed by atoms with Gasteiger partial charge in [-0.2, -0.15) is 0 Å². The van der Waals surface area contributed by atoms with Crippen LogP contribution in [0.15, 0.2) is 48.5 Å². The number of carbonyl (C=O) groups is 2. The molecule has 0 fully saturated rings. The van der Waals surface area contributed by atoms with Gasteiger partial charge in [-0.3, -0.25) is 9.59 Å². The zero-order valence-corrected chi connectivity index (χ0v) is 20.7. The van der Waals surface area contributed by atoms with Crippen molar-refractivity contribution in [1.29, 1.82) is 0 Å². The first-order valence-corrected chi connectivity index (χ1v) is 11.9. The lowest BCUT2D eigenvalue weighted by atomic mass is 10.0. The Morgan fingerprint density at radius 1 is 0.750 bits per heavy atom. The molecule has 0 N–H and O–H groups in total. The SMILES string of the molecule is COc1c(Cl)c(C(=O)c2ccccc2)c(Cl)c(OC)c1[PH](=O)C(=O)c1c(Cl)cccc1Cl. The van der Waals surface area contributed by atoms with Crippen LogP contribution in [0.3, 0.4) is 0 Å². The third-order valence-electron chi connectivity index (χ3n) is 4.59. The number of rotatable bonds is 7. The Kier molecular flexibility index (Phi) is 7.92. The summed E-state index contributed by atoms with van der Waals surface area (Å²) in [5.74, 6) is -0.816. The minimum absolute atomic E-state index is 0.0341. The van der Waals surface area contributed by atoms with Gasteiger partial charge in [-0.25, -0.2) is 0 Å². The second-order valence-electron chi connectivity index (χ2n) is 6.39. The molecule has 3 aromatic carbocycles.